The van der Waals surface area contributed by atoms with Crippen LogP contribution in [0.4, 0.5) is 4.79 Å². The van der Waals surface area contributed by atoms with Crippen LogP contribution in [-0.4, -0.2) is 23.6 Å². The van der Waals surface area contributed by atoms with Crippen molar-refractivity contribution in [3.8, 4) is 0 Å². The fourth-order valence-electron chi connectivity index (χ4n) is 2.05. The van der Waals surface area contributed by atoms with Crippen LogP contribution in [0.15, 0.2) is 12.2 Å². The standard InChI is InChI=1S/C17H32N2O3/c1-7-8-14(19-16(21)22-17(4,5)6)10-9-13(15(18)20)11-12(2)3/h9-10,12-14H,7-8,11H2,1-6H3,(H2,18,20)(H,19,21)/b10-9+/t13-,14-/m0/s1. The van der Waals surface area contributed by atoms with E-state index in [9.17, 15) is 9.59 Å². The molecule has 2 amide bonds. The second-order valence-corrected chi connectivity index (χ2v) is 7.06. The van der Waals surface area contributed by atoms with Crippen molar-refractivity contribution in [2.24, 2.45) is 17.6 Å². The minimum atomic E-state index is -0.530. The molecule has 3 N–H and O–H groups in total. The predicted octanol–water partition coefficient (Wildman–Crippen LogP) is 3.38. The van der Waals surface area contributed by atoms with E-state index in [2.05, 4.69) is 5.32 Å². The molecule has 0 bridgehead atoms. The Morgan fingerprint density at radius 1 is 1.23 bits per heavy atom. The third-order valence-corrected chi connectivity index (χ3v) is 2.97. The number of nitrogens with one attached hydrogen (secondary N) is 1. The highest BCUT2D eigenvalue weighted by Gasteiger charge is 2.19. The smallest absolute Gasteiger partial charge is 0.408 e. The van der Waals surface area contributed by atoms with Gasteiger partial charge in [-0.2, -0.15) is 0 Å². The third-order valence-electron chi connectivity index (χ3n) is 2.97. The van der Waals surface area contributed by atoms with Gasteiger partial charge in [0.05, 0.1) is 12.0 Å². The maximum Gasteiger partial charge on any atom is 0.408 e. The quantitative estimate of drug-likeness (QED) is 0.674. The van der Waals surface area contributed by atoms with Crippen LogP contribution < -0.4 is 11.1 Å². The van der Waals surface area contributed by atoms with E-state index in [0.717, 1.165) is 12.8 Å². The molecule has 0 aromatic carbocycles. The lowest BCUT2D eigenvalue weighted by Gasteiger charge is -2.22. The number of alkyl carbamates (subject to hydrolysis) is 1. The Balaban J connectivity index is 4.76. The van der Waals surface area contributed by atoms with Crippen molar-refractivity contribution in [2.45, 2.75) is 72.4 Å². The number of hydrogen-bond acceptors (Lipinski definition) is 3. The van der Waals surface area contributed by atoms with Gasteiger partial charge < -0.3 is 15.8 Å². The van der Waals surface area contributed by atoms with E-state index in [4.69, 9.17) is 10.5 Å². The van der Waals surface area contributed by atoms with Crippen molar-refractivity contribution in [3.63, 3.8) is 0 Å². The van der Waals surface area contributed by atoms with Crippen molar-refractivity contribution in [2.75, 3.05) is 0 Å². The van der Waals surface area contributed by atoms with Gasteiger partial charge in [-0.05, 0) is 39.5 Å². The molecule has 0 unspecified atom stereocenters. The lowest BCUT2D eigenvalue weighted by Crippen LogP contribution is -2.38. The molecule has 0 saturated heterocycles. The van der Waals surface area contributed by atoms with E-state index < -0.39 is 11.7 Å². The Bertz CT molecular complexity index is 384. The van der Waals surface area contributed by atoms with Crippen molar-refractivity contribution >= 4 is 12.0 Å². The first-order valence-corrected chi connectivity index (χ1v) is 8.02. The number of rotatable bonds is 8. The number of hydrogen-bond donors (Lipinski definition) is 2. The molecule has 2 atom stereocenters. The lowest BCUT2D eigenvalue weighted by molar-refractivity contribution is -0.120. The summed E-state index contributed by atoms with van der Waals surface area (Å²) in [5.74, 6) is -0.261. The molecule has 0 aliphatic carbocycles. The topological polar surface area (TPSA) is 81.4 Å². The minimum Gasteiger partial charge on any atom is -0.444 e. The van der Waals surface area contributed by atoms with Crippen LogP contribution in [0.1, 0.15) is 60.8 Å². The summed E-state index contributed by atoms with van der Waals surface area (Å²) in [6.07, 6.45) is 5.61. The van der Waals surface area contributed by atoms with Crippen molar-refractivity contribution in [1.29, 1.82) is 0 Å². The van der Waals surface area contributed by atoms with E-state index in [1.165, 1.54) is 0 Å². The molecule has 0 radical (unpaired) electrons. The largest absolute Gasteiger partial charge is 0.444 e. The molecule has 5 nitrogen and oxygen atoms in total. The fraction of sp³-hybridized carbons (Fsp3) is 0.765. The van der Waals surface area contributed by atoms with Crippen molar-refractivity contribution in [1.82, 2.24) is 5.32 Å². The second kappa shape index (κ2) is 9.49. The first-order chi connectivity index (χ1) is 10.0. The van der Waals surface area contributed by atoms with Gasteiger partial charge in [0.15, 0.2) is 0 Å². The molecular formula is C17H32N2O3. The zero-order valence-corrected chi connectivity index (χ0v) is 14.8. The monoisotopic (exact) mass is 312 g/mol. The first-order valence-electron chi connectivity index (χ1n) is 8.02. The molecule has 0 fully saturated rings. The number of carbonyl (C=O) groups excluding carboxylic acids is 2. The number of carbonyl (C=O) groups is 2. The van der Waals surface area contributed by atoms with Crippen LogP contribution in [0.2, 0.25) is 0 Å². The molecule has 5 heteroatoms. The Morgan fingerprint density at radius 2 is 1.82 bits per heavy atom. The fourth-order valence-corrected chi connectivity index (χ4v) is 2.05. The van der Waals surface area contributed by atoms with Gasteiger partial charge in [-0.3, -0.25) is 4.79 Å². The lowest BCUT2D eigenvalue weighted by atomic mass is 9.95. The minimum absolute atomic E-state index is 0.158. The summed E-state index contributed by atoms with van der Waals surface area (Å²) >= 11 is 0. The molecule has 0 rings (SSSR count). The van der Waals surface area contributed by atoms with E-state index in [1.807, 2.05) is 47.6 Å². The number of primary amides is 1. The zero-order valence-electron chi connectivity index (χ0n) is 14.8. The van der Waals surface area contributed by atoms with Crippen LogP contribution in [-0.2, 0) is 9.53 Å². The summed E-state index contributed by atoms with van der Waals surface area (Å²) in [6, 6.07) is -0.158. The van der Waals surface area contributed by atoms with Crippen LogP contribution in [0.5, 0.6) is 0 Å². The Morgan fingerprint density at radius 3 is 2.23 bits per heavy atom. The molecule has 22 heavy (non-hydrogen) atoms. The molecule has 128 valence electrons. The highest BCUT2D eigenvalue weighted by atomic mass is 16.6. The molecule has 0 aliphatic heterocycles. The summed E-state index contributed by atoms with van der Waals surface area (Å²) in [4.78, 5) is 23.3. The SMILES string of the molecule is CCC[C@@H](/C=C/[C@@H](CC(C)C)C(N)=O)NC(=O)OC(C)(C)C. The predicted molar refractivity (Wildman–Crippen MR) is 89.3 cm³/mol. The summed E-state index contributed by atoms with van der Waals surface area (Å²) in [6.45, 7) is 11.6. The van der Waals surface area contributed by atoms with Crippen LogP contribution in [0.3, 0.4) is 0 Å². The van der Waals surface area contributed by atoms with Crippen molar-refractivity contribution < 1.29 is 14.3 Å². The highest BCUT2D eigenvalue weighted by Crippen LogP contribution is 2.14. The molecule has 0 aromatic heterocycles. The number of amides is 2. The van der Waals surface area contributed by atoms with Crippen LogP contribution >= 0.6 is 0 Å². The average Bonchev–Trinajstić information content (AvgIpc) is 2.31. The average molecular weight is 312 g/mol. The Hall–Kier alpha value is -1.52. The van der Waals surface area contributed by atoms with E-state index in [-0.39, 0.29) is 17.9 Å². The summed E-state index contributed by atoms with van der Waals surface area (Å²) in [7, 11) is 0. The van der Waals surface area contributed by atoms with Gasteiger partial charge in [-0.15, -0.1) is 0 Å². The third kappa shape index (κ3) is 10.2. The van der Waals surface area contributed by atoms with E-state index in [1.54, 1.807) is 6.08 Å². The molecule has 0 aliphatic rings. The van der Waals surface area contributed by atoms with E-state index >= 15 is 0 Å². The summed E-state index contributed by atoms with van der Waals surface area (Å²) in [5.41, 5.74) is 4.90. The van der Waals surface area contributed by atoms with Gasteiger partial charge in [-0.1, -0.05) is 39.3 Å². The normalized spacial score (nSPS) is 14.9. The highest BCUT2D eigenvalue weighted by molar-refractivity contribution is 5.78. The molecule has 0 heterocycles. The number of ether oxygens (including phenoxy) is 1. The summed E-state index contributed by atoms with van der Waals surface area (Å²) < 4.78 is 5.26. The molecule has 0 saturated carbocycles. The van der Waals surface area contributed by atoms with Gasteiger partial charge in [0.2, 0.25) is 5.91 Å². The van der Waals surface area contributed by atoms with Gasteiger partial charge in [0.25, 0.3) is 0 Å². The van der Waals surface area contributed by atoms with Gasteiger partial charge in [-0.25, -0.2) is 4.79 Å². The van der Waals surface area contributed by atoms with Gasteiger partial charge >= 0.3 is 6.09 Å². The zero-order chi connectivity index (χ0) is 17.3. The van der Waals surface area contributed by atoms with Crippen LogP contribution in [0.25, 0.3) is 0 Å². The van der Waals surface area contributed by atoms with Crippen LogP contribution in [0, 0.1) is 11.8 Å². The maximum atomic E-state index is 11.8. The molecule has 0 spiro atoms. The maximum absolute atomic E-state index is 11.8. The Labute approximate surface area is 134 Å². The van der Waals surface area contributed by atoms with E-state index in [0.29, 0.717) is 12.3 Å². The van der Waals surface area contributed by atoms with Gasteiger partial charge in [0, 0.05) is 0 Å². The summed E-state index contributed by atoms with van der Waals surface area (Å²) in [5, 5.41) is 2.82. The number of nitrogens with two attached hydrogens (primary N) is 1. The molecular weight excluding hydrogens is 280 g/mol. The molecule has 0 aromatic rings. The Kier molecular flexibility index (Phi) is 8.83. The second-order valence-electron chi connectivity index (χ2n) is 7.06. The van der Waals surface area contributed by atoms with Crippen molar-refractivity contribution in [3.05, 3.63) is 12.2 Å². The van der Waals surface area contributed by atoms with Gasteiger partial charge in [0.1, 0.15) is 5.60 Å². The first kappa shape index (κ1) is 20.5.